The van der Waals surface area contributed by atoms with Crippen molar-refractivity contribution in [1.82, 2.24) is 15.6 Å². The smallest absolute Gasteiger partial charge is 0.405 e. The first-order chi connectivity index (χ1) is 14.8. The molecule has 2 aromatic rings. The number of pyridine rings is 1. The maximum atomic E-state index is 12.6. The number of rotatable bonds is 6. The van der Waals surface area contributed by atoms with Crippen LogP contribution in [-0.4, -0.2) is 50.2 Å². The normalized spacial score (nSPS) is 16.8. The Hall–Kier alpha value is -2.28. The highest BCUT2D eigenvalue weighted by Crippen LogP contribution is 2.26. The number of aromatic nitrogens is 1. The van der Waals surface area contributed by atoms with Gasteiger partial charge in [-0.3, -0.25) is 4.99 Å². The molecular weight excluding hydrogens is 538 g/mol. The van der Waals surface area contributed by atoms with E-state index in [-0.39, 0.29) is 42.4 Å². The average molecular weight is 565 g/mol. The van der Waals surface area contributed by atoms with Crippen molar-refractivity contribution in [2.75, 3.05) is 31.6 Å². The lowest BCUT2D eigenvalue weighted by molar-refractivity contribution is -0.274. The van der Waals surface area contributed by atoms with Gasteiger partial charge in [-0.25, -0.2) is 4.98 Å². The van der Waals surface area contributed by atoms with Gasteiger partial charge in [-0.2, -0.15) is 0 Å². The molecule has 0 spiro atoms. The van der Waals surface area contributed by atoms with Crippen LogP contribution in [0.3, 0.4) is 0 Å². The Balaban J connectivity index is 0.00000363. The van der Waals surface area contributed by atoms with Crippen LogP contribution in [0, 0.1) is 0 Å². The largest absolute Gasteiger partial charge is 0.573 e. The Morgan fingerprint density at radius 2 is 2.00 bits per heavy atom. The number of nitrogens with zero attached hydrogens (tertiary/aromatic N) is 3. The summed E-state index contributed by atoms with van der Waals surface area (Å²) in [5.41, 5.74) is 1.38. The van der Waals surface area contributed by atoms with Crippen molar-refractivity contribution in [3.63, 3.8) is 0 Å². The number of nitrogens with one attached hydrogen (secondary N) is 2. The molecule has 1 aliphatic rings. The van der Waals surface area contributed by atoms with Crippen molar-refractivity contribution in [3.05, 3.63) is 53.7 Å². The third kappa shape index (κ3) is 8.01. The third-order valence-electron chi connectivity index (χ3n) is 4.70. The summed E-state index contributed by atoms with van der Waals surface area (Å²) in [7, 11) is 1.60. The zero-order chi connectivity index (χ0) is 22.3. The molecule has 176 valence electrons. The molecule has 1 unspecified atom stereocenters. The standard InChI is InChI=1S/C21H26F3N5O2.HI/c1-15-14-29(9-10-30-15)19-11-16(7-8-26-19)12-27-20(25-2)28-13-17-5-3-4-6-18(17)31-21(22,23)24;/h3-8,11,15H,9-10,12-14H2,1-2H3,(H2,25,27,28);1H. The zero-order valence-corrected chi connectivity index (χ0v) is 20.2. The summed E-state index contributed by atoms with van der Waals surface area (Å²) in [5.74, 6) is 1.10. The highest BCUT2D eigenvalue weighted by Gasteiger charge is 2.32. The predicted molar refractivity (Wildman–Crippen MR) is 127 cm³/mol. The van der Waals surface area contributed by atoms with E-state index in [0.29, 0.717) is 24.7 Å². The van der Waals surface area contributed by atoms with Crippen molar-refractivity contribution in [3.8, 4) is 5.75 Å². The lowest BCUT2D eigenvalue weighted by Gasteiger charge is -2.32. The maximum Gasteiger partial charge on any atom is 0.573 e. The first kappa shape index (κ1) is 26.0. The van der Waals surface area contributed by atoms with Crippen molar-refractivity contribution in [2.45, 2.75) is 32.5 Å². The molecule has 1 aromatic carbocycles. The molecule has 1 fully saturated rings. The Bertz CT molecular complexity index is 898. The molecule has 0 aliphatic carbocycles. The van der Waals surface area contributed by atoms with Gasteiger partial charge >= 0.3 is 6.36 Å². The van der Waals surface area contributed by atoms with Crippen LogP contribution >= 0.6 is 24.0 Å². The van der Waals surface area contributed by atoms with E-state index in [9.17, 15) is 13.2 Å². The number of para-hydroxylation sites is 1. The van der Waals surface area contributed by atoms with Gasteiger partial charge in [0.2, 0.25) is 0 Å². The number of guanidine groups is 1. The zero-order valence-electron chi connectivity index (χ0n) is 17.9. The number of hydrogen-bond acceptors (Lipinski definition) is 5. The van der Waals surface area contributed by atoms with Gasteiger partial charge < -0.3 is 25.0 Å². The van der Waals surface area contributed by atoms with E-state index >= 15 is 0 Å². The molecule has 0 bridgehead atoms. The molecule has 3 rings (SSSR count). The molecule has 7 nitrogen and oxygen atoms in total. The van der Waals surface area contributed by atoms with Gasteiger partial charge in [-0.1, -0.05) is 18.2 Å². The minimum atomic E-state index is -4.74. The van der Waals surface area contributed by atoms with Crippen LogP contribution in [0.2, 0.25) is 0 Å². The molecule has 32 heavy (non-hydrogen) atoms. The minimum Gasteiger partial charge on any atom is -0.405 e. The Morgan fingerprint density at radius 3 is 2.72 bits per heavy atom. The highest BCUT2D eigenvalue weighted by atomic mass is 127. The summed E-state index contributed by atoms with van der Waals surface area (Å²) >= 11 is 0. The van der Waals surface area contributed by atoms with E-state index in [4.69, 9.17) is 4.74 Å². The summed E-state index contributed by atoms with van der Waals surface area (Å²) in [4.78, 5) is 10.8. The fourth-order valence-corrected chi connectivity index (χ4v) is 3.23. The Labute approximate surface area is 202 Å². The molecule has 2 N–H and O–H groups in total. The summed E-state index contributed by atoms with van der Waals surface area (Å²) in [6.45, 7) is 4.88. The van der Waals surface area contributed by atoms with Gasteiger partial charge in [0, 0.05) is 45.0 Å². The molecule has 0 radical (unpaired) electrons. The molecule has 2 heterocycles. The van der Waals surface area contributed by atoms with Crippen LogP contribution in [0.5, 0.6) is 5.75 Å². The summed E-state index contributed by atoms with van der Waals surface area (Å²) in [5, 5.41) is 6.18. The van der Waals surface area contributed by atoms with Crippen LogP contribution in [0.25, 0.3) is 0 Å². The van der Waals surface area contributed by atoms with Gasteiger partial charge in [0.15, 0.2) is 5.96 Å². The third-order valence-corrected chi connectivity index (χ3v) is 4.70. The lowest BCUT2D eigenvalue weighted by Crippen LogP contribution is -2.41. The van der Waals surface area contributed by atoms with Gasteiger partial charge in [-0.15, -0.1) is 37.1 Å². The second kappa shape index (κ2) is 12.1. The topological polar surface area (TPSA) is 71.0 Å². The minimum absolute atomic E-state index is 0. The maximum absolute atomic E-state index is 12.6. The van der Waals surface area contributed by atoms with Crippen LogP contribution in [0.15, 0.2) is 47.6 Å². The predicted octanol–water partition coefficient (Wildman–Crippen LogP) is 3.69. The van der Waals surface area contributed by atoms with Crippen LogP contribution in [0.4, 0.5) is 19.0 Å². The Morgan fingerprint density at radius 1 is 1.25 bits per heavy atom. The summed E-state index contributed by atoms with van der Waals surface area (Å²) in [6, 6.07) is 9.91. The van der Waals surface area contributed by atoms with E-state index in [1.807, 2.05) is 19.1 Å². The fraction of sp³-hybridized carbons (Fsp3) is 0.429. The first-order valence-electron chi connectivity index (χ1n) is 9.93. The number of anilines is 1. The summed E-state index contributed by atoms with van der Waals surface area (Å²) in [6.07, 6.45) is -2.83. The van der Waals surface area contributed by atoms with Gasteiger partial charge in [-0.05, 0) is 30.7 Å². The van der Waals surface area contributed by atoms with E-state index in [2.05, 4.69) is 30.2 Å². The first-order valence-corrected chi connectivity index (χ1v) is 9.93. The number of benzene rings is 1. The van der Waals surface area contributed by atoms with E-state index in [1.165, 1.54) is 12.1 Å². The van der Waals surface area contributed by atoms with Crippen molar-refractivity contribution in [2.24, 2.45) is 4.99 Å². The number of ether oxygens (including phenoxy) is 2. The van der Waals surface area contributed by atoms with Crippen molar-refractivity contribution < 1.29 is 22.6 Å². The molecule has 0 saturated carbocycles. The number of hydrogen-bond donors (Lipinski definition) is 2. The summed E-state index contributed by atoms with van der Waals surface area (Å²) < 4.78 is 47.4. The van der Waals surface area contributed by atoms with Gasteiger partial charge in [0.05, 0.1) is 12.7 Å². The van der Waals surface area contributed by atoms with Gasteiger partial charge in [0.25, 0.3) is 0 Å². The van der Waals surface area contributed by atoms with Crippen molar-refractivity contribution >= 4 is 35.8 Å². The molecule has 0 amide bonds. The molecule has 1 atom stereocenters. The van der Waals surface area contributed by atoms with Crippen LogP contribution in [-0.2, 0) is 17.8 Å². The molecule has 1 saturated heterocycles. The lowest BCUT2D eigenvalue weighted by atomic mass is 10.2. The second-order valence-corrected chi connectivity index (χ2v) is 7.08. The number of morpholine rings is 1. The van der Waals surface area contributed by atoms with Gasteiger partial charge in [0.1, 0.15) is 11.6 Å². The molecular formula is C21H27F3IN5O2. The number of alkyl halides is 3. The van der Waals surface area contributed by atoms with Crippen LogP contribution < -0.4 is 20.3 Å². The van der Waals surface area contributed by atoms with E-state index in [1.54, 1.807) is 25.4 Å². The van der Waals surface area contributed by atoms with Crippen molar-refractivity contribution in [1.29, 1.82) is 0 Å². The monoisotopic (exact) mass is 565 g/mol. The second-order valence-electron chi connectivity index (χ2n) is 7.08. The molecule has 1 aliphatic heterocycles. The highest BCUT2D eigenvalue weighted by molar-refractivity contribution is 14.0. The van der Waals surface area contributed by atoms with E-state index < -0.39 is 6.36 Å². The molecule has 11 heteroatoms. The quantitative estimate of drug-likeness (QED) is 0.317. The fourth-order valence-electron chi connectivity index (χ4n) is 3.23. The average Bonchev–Trinajstić information content (AvgIpc) is 2.74. The number of aliphatic imine (C=N–C) groups is 1. The van der Waals surface area contributed by atoms with Crippen LogP contribution in [0.1, 0.15) is 18.1 Å². The number of halogens is 4. The Kier molecular flexibility index (Phi) is 9.82. The van der Waals surface area contributed by atoms with E-state index in [0.717, 1.165) is 24.5 Å². The SMILES string of the molecule is CN=C(NCc1ccnc(N2CCOC(C)C2)c1)NCc1ccccc1OC(F)(F)F.I. The molecule has 1 aromatic heterocycles.